The summed E-state index contributed by atoms with van der Waals surface area (Å²) >= 11 is 0. The number of nitro groups is 2. The lowest BCUT2D eigenvalue weighted by atomic mass is 10.1. The van der Waals surface area contributed by atoms with Gasteiger partial charge in [0.25, 0.3) is 11.4 Å². The Morgan fingerprint density at radius 2 is 0.940 bits per heavy atom. The fraction of sp³-hybridized carbons (Fsp3) is 0.118. The molecule has 0 bridgehead atoms. The number of hydrogen-bond donors (Lipinski definition) is 0. The highest BCUT2D eigenvalue weighted by atomic mass is 19.4. The van der Waals surface area contributed by atoms with Gasteiger partial charge in [0.05, 0.1) is 45.1 Å². The molecule has 0 radical (unpaired) electrons. The van der Waals surface area contributed by atoms with E-state index in [4.69, 9.17) is 0 Å². The van der Waals surface area contributed by atoms with Gasteiger partial charge < -0.3 is 0 Å². The summed E-state index contributed by atoms with van der Waals surface area (Å²) < 4.78 is 80.9. The number of hydrogen-bond acceptors (Lipinski definition) is 6. The standard InChI is InChI=1S/2C17H12F3N3O2/c2*1-11(17(18,19)20)16-14-8-7-13(23(24)25)9-15(14)22(21-16)10-12-5-3-2-4-6-12/h2*2-9H,1,10H2. The lowest BCUT2D eigenvalue weighted by Gasteiger charge is -2.07. The number of alkyl halides is 6. The number of allylic oxidation sites excluding steroid dienone is 2. The SMILES string of the molecule is C=C(c1nn(Cc2ccccc2)c2cc([N+](=O)[O-])ccc12)C(F)(F)F.C=C(c1nn(Cc2ccccc2)c2cc([N+](=O)[O-])ccc12)C(F)(F)F. The van der Waals surface area contributed by atoms with Crippen LogP contribution in [0, 0.1) is 20.2 Å². The van der Waals surface area contributed by atoms with E-state index in [1.54, 1.807) is 48.5 Å². The lowest BCUT2D eigenvalue weighted by molar-refractivity contribution is -0.384. The van der Waals surface area contributed by atoms with Crippen molar-refractivity contribution >= 4 is 44.3 Å². The number of nitro benzene ring substituents is 2. The molecule has 4 aromatic carbocycles. The number of nitrogens with zero attached hydrogens (tertiary/aromatic N) is 6. The summed E-state index contributed by atoms with van der Waals surface area (Å²) in [4.78, 5) is 20.8. The van der Waals surface area contributed by atoms with Gasteiger partial charge in [-0.2, -0.15) is 36.5 Å². The maximum absolute atomic E-state index is 13.0. The second-order valence-electron chi connectivity index (χ2n) is 10.9. The van der Waals surface area contributed by atoms with Gasteiger partial charge in [0, 0.05) is 35.0 Å². The van der Waals surface area contributed by atoms with Gasteiger partial charge in [-0.3, -0.25) is 29.6 Å². The predicted octanol–water partition coefficient (Wildman–Crippen LogP) is 9.14. The Morgan fingerprint density at radius 3 is 1.24 bits per heavy atom. The van der Waals surface area contributed by atoms with E-state index in [1.807, 2.05) is 12.1 Å². The molecule has 0 aliphatic heterocycles. The Bertz CT molecular complexity index is 2080. The summed E-state index contributed by atoms with van der Waals surface area (Å²) in [6, 6.07) is 25.3. The number of benzene rings is 4. The fourth-order valence-electron chi connectivity index (χ4n) is 5.02. The van der Waals surface area contributed by atoms with E-state index in [-0.39, 0.29) is 57.7 Å². The highest BCUT2D eigenvalue weighted by Crippen LogP contribution is 2.38. The van der Waals surface area contributed by atoms with Crippen LogP contribution in [0.4, 0.5) is 37.7 Å². The van der Waals surface area contributed by atoms with E-state index in [9.17, 15) is 46.6 Å². The first kappa shape index (κ1) is 35.0. The third-order valence-corrected chi connectivity index (χ3v) is 7.50. The van der Waals surface area contributed by atoms with Crippen molar-refractivity contribution in [1.29, 1.82) is 0 Å². The van der Waals surface area contributed by atoms with E-state index in [0.29, 0.717) is 0 Å². The van der Waals surface area contributed by atoms with Gasteiger partial charge in [-0.15, -0.1) is 0 Å². The Balaban J connectivity index is 0.000000194. The second kappa shape index (κ2) is 13.7. The van der Waals surface area contributed by atoms with Gasteiger partial charge in [0.2, 0.25) is 0 Å². The zero-order valence-electron chi connectivity index (χ0n) is 25.7. The molecule has 0 fully saturated rings. The van der Waals surface area contributed by atoms with Crippen LogP contribution in [0.1, 0.15) is 22.5 Å². The van der Waals surface area contributed by atoms with Gasteiger partial charge >= 0.3 is 12.4 Å². The Kier molecular flexibility index (Phi) is 9.56. The average molecular weight is 695 g/mol. The number of aromatic nitrogens is 4. The highest BCUT2D eigenvalue weighted by Gasteiger charge is 2.37. The summed E-state index contributed by atoms with van der Waals surface area (Å²) in [5.41, 5.74) is -1.14. The van der Waals surface area contributed by atoms with Crippen LogP contribution in [-0.4, -0.2) is 41.8 Å². The van der Waals surface area contributed by atoms with Crippen molar-refractivity contribution < 1.29 is 36.2 Å². The molecule has 6 rings (SSSR count). The molecule has 0 unspecified atom stereocenters. The predicted molar refractivity (Wildman–Crippen MR) is 174 cm³/mol. The summed E-state index contributed by atoms with van der Waals surface area (Å²) in [5.74, 6) is 0. The minimum Gasteiger partial charge on any atom is -0.260 e. The molecule has 0 aliphatic carbocycles. The average Bonchev–Trinajstić information content (AvgIpc) is 3.61. The normalized spacial score (nSPS) is 11.6. The topological polar surface area (TPSA) is 122 Å². The van der Waals surface area contributed by atoms with Crippen molar-refractivity contribution in [2.24, 2.45) is 0 Å². The number of fused-ring (bicyclic) bond motifs is 2. The van der Waals surface area contributed by atoms with Crippen molar-refractivity contribution in [2.45, 2.75) is 25.4 Å². The second-order valence-corrected chi connectivity index (χ2v) is 10.9. The fourth-order valence-corrected chi connectivity index (χ4v) is 5.02. The third kappa shape index (κ3) is 7.53. The minimum atomic E-state index is -4.64. The maximum atomic E-state index is 13.0. The minimum absolute atomic E-state index is 0.170. The van der Waals surface area contributed by atoms with Crippen LogP contribution in [0.2, 0.25) is 0 Å². The Hall–Kier alpha value is -6.32. The largest absolute Gasteiger partial charge is 0.418 e. The van der Waals surface area contributed by atoms with Gasteiger partial charge in [0.15, 0.2) is 0 Å². The Morgan fingerprint density at radius 1 is 0.600 bits per heavy atom. The molecule has 16 heteroatoms. The molecule has 0 spiro atoms. The van der Waals surface area contributed by atoms with E-state index in [2.05, 4.69) is 23.4 Å². The summed E-state index contributed by atoms with van der Waals surface area (Å²) in [5, 5.41) is 30.4. The van der Waals surface area contributed by atoms with Crippen molar-refractivity contribution in [3.05, 3.63) is 153 Å². The maximum Gasteiger partial charge on any atom is 0.418 e. The van der Waals surface area contributed by atoms with Crippen LogP contribution in [0.3, 0.4) is 0 Å². The summed E-state index contributed by atoms with van der Waals surface area (Å²) in [7, 11) is 0. The van der Waals surface area contributed by atoms with Crippen LogP contribution in [0.25, 0.3) is 33.0 Å². The molecule has 0 saturated heterocycles. The van der Waals surface area contributed by atoms with Gasteiger partial charge in [0.1, 0.15) is 11.4 Å². The van der Waals surface area contributed by atoms with Crippen LogP contribution in [0.5, 0.6) is 0 Å². The molecule has 10 nitrogen and oxygen atoms in total. The molecule has 0 atom stereocenters. The smallest absolute Gasteiger partial charge is 0.260 e. The van der Waals surface area contributed by atoms with Crippen molar-refractivity contribution in [3.63, 3.8) is 0 Å². The zero-order chi connectivity index (χ0) is 36.4. The molecule has 2 aromatic heterocycles. The lowest BCUT2D eigenvalue weighted by Crippen LogP contribution is -2.11. The summed E-state index contributed by atoms with van der Waals surface area (Å²) in [6.07, 6.45) is -9.28. The zero-order valence-corrected chi connectivity index (χ0v) is 25.7. The first-order chi connectivity index (χ1) is 23.5. The number of non-ortho nitro benzene ring substituents is 2. The van der Waals surface area contributed by atoms with Gasteiger partial charge in [-0.25, -0.2) is 0 Å². The summed E-state index contributed by atoms with van der Waals surface area (Å²) in [6.45, 7) is 6.55. The van der Waals surface area contributed by atoms with Crippen LogP contribution < -0.4 is 0 Å². The molecule has 50 heavy (non-hydrogen) atoms. The molecule has 256 valence electrons. The van der Waals surface area contributed by atoms with Gasteiger partial charge in [-0.1, -0.05) is 73.8 Å². The van der Waals surface area contributed by atoms with Crippen LogP contribution >= 0.6 is 0 Å². The quantitative estimate of drug-likeness (QED) is 0.0890. The molecular formula is C34H24F6N6O4. The van der Waals surface area contributed by atoms with Gasteiger partial charge in [-0.05, 0) is 23.3 Å². The number of rotatable bonds is 8. The molecular weight excluding hydrogens is 670 g/mol. The molecule has 0 aliphatic rings. The number of halogens is 6. The van der Waals surface area contributed by atoms with E-state index in [1.165, 1.54) is 33.6 Å². The molecule has 6 aromatic rings. The van der Waals surface area contributed by atoms with E-state index in [0.717, 1.165) is 23.3 Å². The monoisotopic (exact) mass is 694 g/mol. The van der Waals surface area contributed by atoms with E-state index < -0.39 is 33.3 Å². The first-order valence-electron chi connectivity index (χ1n) is 14.4. The van der Waals surface area contributed by atoms with Crippen molar-refractivity contribution in [2.75, 3.05) is 0 Å². The van der Waals surface area contributed by atoms with Crippen molar-refractivity contribution in [3.8, 4) is 0 Å². The van der Waals surface area contributed by atoms with Crippen molar-refractivity contribution in [1.82, 2.24) is 19.6 Å². The van der Waals surface area contributed by atoms with Crippen LogP contribution in [0.15, 0.2) is 110 Å². The Labute approximate surface area is 278 Å². The third-order valence-electron chi connectivity index (χ3n) is 7.50. The van der Waals surface area contributed by atoms with E-state index >= 15 is 0 Å². The molecule has 2 heterocycles. The molecule has 0 amide bonds. The molecule has 0 saturated carbocycles. The van der Waals surface area contributed by atoms with Crippen LogP contribution in [-0.2, 0) is 13.1 Å². The highest BCUT2D eigenvalue weighted by molar-refractivity contribution is 5.93. The molecule has 0 N–H and O–H groups in total. The first-order valence-corrected chi connectivity index (χ1v) is 14.4.